The summed E-state index contributed by atoms with van der Waals surface area (Å²) >= 11 is 0. The fourth-order valence-corrected chi connectivity index (χ4v) is 3.13. The SMILES string of the molecule is CCc1cnc2n1C[C@H](c1cccc(F)c1F)CC[C@H]2N. The van der Waals surface area contributed by atoms with Crippen molar-refractivity contribution in [2.45, 2.75) is 44.7 Å². The van der Waals surface area contributed by atoms with Gasteiger partial charge in [0, 0.05) is 24.4 Å². The summed E-state index contributed by atoms with van der Waals surface area (Å²) in [7, 11) is 0. The molecule has 0 radical (unpaired) electrons. The van der Waals surface area contributed by atoms with Crippen molar-refractivity contribution in [3.05, 3.63) is 53.1 Å². The summed E-state index contributed by atoms with van der Waals surface area (Å²) in [5, 5.41) is 0. The van der Waals surface area contributed by atoms with E-state index >= 15 is 0 Å². The van der Waals surface area contributed by atoms with Crippen LogP contribution in [-0.2, 0) is 13.0 Å². The molecular weight excluding hydrogens is 272 g/mol. The van der Waals surface area contributed by atoms with E-state index in [2.05, 4.69) is 16.5 Å². The highest BCUT2D eigenvalue weighted by atomic mass is 19.2. The Hall–Kier alpha value is -1.75. The Kier molecular flexibility index (Phi) is 3.76. The van der Waals surface area contributed by atoms with E-state index in [1.807, 2.05) is 6.20 Å². The van der Waals surface area contributed by atoms with Gasteiger partial charge in [-0.25, -0.2) is 13.8 Å². The highest BCUT2D eigenvalue weighted by molar-refractivity contribution is 5.24. The Balaban J connectivity index is 2.01. The number of hydrogen-bond donors (Lipinski definition) is 1. The van der Waals surface area contributed by atoms with Crippen LogP contribution in [0.2, 0.25) is 0 Å². The van der Waals surface area contributed by atoms with Crippen LogP contribution in [0.5, 0.6) is 0 Å². The summed E-state index contributed by atoms with van der Waals surface area (Å²) in [5.74, 6) is -0.751. The molecule has 0 bridgehead atoms. The molecule has 2 atom stereocenters. The second-order valence-corrected chi connectivity index (χ2v) is 5.60. The number of fused-ring (bicyclic) bond motifs is 1. The highest BCUT2D eigenvalue weighted by Gasteiger charge is 2.27. The number of rotatable bonds is 2. The quantitative estimate of drug-likeness (QED) is 0.922. The molecule has 2 heterocycles. The molecule has 0 fully saturated rings. The van der Waals surface area contributed by atoms with Gasteiger partial charge in [-0.3, -0.25) is 0 Å². The van der Waals surface area contributed by atoms with Crippen LogP contribution in [0.4, 0.5) is 8.78 Å². The van der Waals surface area contributed by atoms with E-state index in [1.165, 1.54) is 0 Å². The van der Waals surface area contributed by atoms with Gasteiger partial charge in [-0.15, -0.1) is 0 Å². The van der Waals surface area contributed by atoms with Crippen LogP contribution in [0, 0.1) is 11.6 Å². The van der Waals surface area contributed by atoms with Crippen LogP contribution < -0.4 is 5.73 Å². The van der Waals surface area contributed by atoms with E-state index in [0.717, 1.165) is 36.8 Å². The number of aryl methyl sites for hydroxylation is 1. The van der Waals surface area contributed by atoms with E-state index < -0.39 is 11.6 Å². The summed E-state index contributed by atoms with van der Waals surface area (Å²) in [5.41, 5.74) is 7.69. The first-order valence-corrected chi connectivity index (χ1v) is 7.35. The molecule has 5 heteroatoms. The molecule has 1 aromatic heterocycles. The lowest BCUT2D eigenvalue weighted by Crippen LogP contribution is -2.15. The Morgan fingerprint density at radius 2 is 2.14 bits per heavy atom. The van der Waals surface area contributed by atoms with Gasteiger partial charge in [0.1, 0.15) is 5.82 Å². The first-order valence-electron chi connectivity index (χ1n) is 7.35. The molecule has 1 aliphatic rings. The Morgan fingerprint density at radius 3 is 2.90 bits per heavy atom. The average molecular weight is 291 g/mol. The van der Waals surface area contributed by atoms with Gasteiger partial charge in [0.25, 0.3) is 0 Å². The van der Waals surface area contributed by atoms with Gasteiger partial charge >= 0.3 is 0 Å². The van der Waals surface area contributed by atoms with Gasteiger partial charge in [0.2, 0.25) is 0 Å². The normalized spacial score (nSPS) is 21.9. The lowest BCUT2D eigenvalue weighted by molar-refractivity contribution is 0.460. The summed E-state index contributed by atoms with van der Waals surface area (Å²) in [6, 6.07) is 4.24. The number of nitrogens with two attached hydrogens (primary N) is 1. The molecule has 1 aromatic carbocycles. The molecule has 2 aromatic rings. The first-order chi connectivity index (χ1) is 10.1. The minimum Gasteiger partial charge on any atom is -0.330 e. The molecule has 0 unspecified atom stereocenters. The second kappa shape index (κ2) is 5.56. The van der Waals surface area contributed by atoms with Crippen LogP contribution in [0.25, 0.3) is 0 Å². The zero-order valence-corrected chi connectivity index (χ0v) is 12.0. The van der Waals surface area contributed by atoms with E-state index in [-0.39, 0.29) is 12.0 Å². The predicted molar refractivity (Wildman–Crippen MR) is 76.9 cm³/mol. The monoisotopic (exact) mass is 291 g/mol. The third-order valence-corrected chi connectivity index (χ3v) is 4.31. The van der Waals surface area contributed by atoms with Crippen LogP contribution >= 0.6 is 0 Å². The largest absolute Gasteiger partial charge is 0.330 e. The van der Waals surface area contributed by atoms with Crippen LogP contribution in [0.15, 0.2) is 24.4 Å². The van der Waals surface area contributed by atoms with Crippen molar-refractivity contribution in [2.75, 3.05) is 0 Å². The van der Waals surface area contributed by atoms with Crippen molar-refractivity contribution in [3.8, 4) is 0 Å². The van der Waals surface area contributed by atoms with Crippen molar-refractivity contribution in [1.82, 2.24) is 9.55 Å². The van der Waals surface area contributed by atoms with Crippen molar-refractivity contribution < 1.29 is 8.78 Å². The first kappa shape index (κ1) is 14.2. The fraction of sp³-hybridized carbons (Fsp3) is 0.438. The maximum Gasteiger partial charge on any atom is 0.162 e. The van der Waals surface area contributed by atoms with Gasteiger partial charge in [-0.2, -0.15) is 0 Å². The highest BCUT2D eigenvalue weighted by Crippen LogP contribution is 2.34. The van der Waals surface area contributed by atoms with E-state index in [4.69, 9.17) is 5.73 Å². The zero-order valence-electron chi connectivity index (χ0n) is 12.0. The Morgan fingerprint density at radius 1 is 1.33 bits per heavy atom. The number of imidazole rings is 1. The third-order valence-electron chi connectivity index (χ3n) is 4.31. The standard InChI is InChI=1S/C16H19F2N3/c1-2-11-8-20-16-14(19)7-6-10(9-21(11)16)12-4-3-5-13(17)15(12)18/h3-5,8,10,14H,2,6-7,9,19H2,1H3/t10-,14-/m1/s1. The molecule has 21 heavy (non-hydrogen) atoms. The lowest BCUT2D eigenvalue weighted by Gasteiger charge is -2.18. The minimum atomic E-state index is -0.789. The van der Waals surface area contributed by atoms with E-state index in [9.17, 15) is 8.78 Å². The smallest absolute Gasteiger partial charge is 0.162 e. The number of nitrogens with zero attached hydrogens (tertiary/aromatic N) is 2. The maximum absolute atomic E-state index is 14.1. The van der Waals surface area contributed by atoms with E-state index in [1.54, 1.807) is 12.1 Å². The molecule has 0 saturated carbocycles. The van der Waals surface area contributed by atoms with Crippen molar-refractivity contribution in [2.24, 2.45) is 5.73 Å². The molecular formula is C16H19F2N3. The van der Waals surface area contributed by atoms with Crippen molar-refractivity contribution in [3.63, 3.8) is 0 Å². The van der Waals surface area contributed by atoms with Crippen molar-refractivity contribution in [1.29, 1.82) is 0 Å². The van der Waals surface area contributed by atoms with Gasteiger partial charge in [0.05, 0.1) is 6.04 Å². The molecule has 112 valence electrons. The van der Waals surface area contributed by atoms with Crippen LogP contribution in [0.1, 0.15) is 48.8 Å². The topological polar surface area (TPSA) is 43.8 Å². The van der Waals surface area contributed by atoms with Crippen LogP contribution in [0.3, 0.4) is 0 Å². The van der Waals surface area contributed by atoms with Gasteiger partial charge in [-0.1, -0.05) is 19.1 Å². The molecule has 0 aliphatic carbocycles. The number of hydrogen-bond acceptors (Lipinski definition) is 2. The molecule has 3 rings (SSSR count). The maximum atomic E-state index is 14.1. The predicted octanol–water partition coefficient (Wildman–Crippen LogP) is 3.30. The minimum absolute atomic E-state index is 0.0764. The number of benzene rings is 1. The fourth-order valence-electron chi connectivity index (χ4n) is 3.13. The summed E-state index contributed by atoms with van der Waals surface area (Å²) < 4.78 is 29.6. The zero-order chi connectivity index (χ0) is 15.0. The molecule has 0 spiro atoms. The molecule has 1 aliphatic heterocycles. The summed E-state index contributed by atoms with van der Waals surface area (Å²) in [6.07, 6.45) is 4.13. The van der Waals surface area contributed by atoms with Crippen LogP contribution in [-0.4, -0.2) is 9.55 Å². The summed E-state index contributed by atoms with van der Waals surface area (Å²) in [4.78, 5) is 4.41. The van der Waals surface area contributed by atoms with Gasteiger partial charge in [0.15, 0.2) is 11.6 Å². The lowest BCUT2D eigenvalue weighted by atomic mass is 9.93. The second-order valence-electron chi connectivity index (χ2n) is 5.60. The molecule has 0 saturated heterocycles. The Labute approximate surface area is 122 Å². The summed E-state index contributed by atoms with van der Waals surface area (Å²) in [6.45, 7) is 2.66. The third kappa shape index (κ3) is 2.46. The molecule has 2 N–H and O–H groups in total. The van der Waals surface area contributed by atoms with Gasteiger partial charge < -0.3 is 10.3 Å². The molecule has 0 amide bonds. The Bertz CT molecular complexity index is 651. The number of aromatic nitrogens is 2. The number of halogens is 2. The molecule has 3 nitrogen and oxygen atoms in total. The average Bonchev–Trinajstić information content (AvgIpc) is 2.81. The van der Waals surface area contributed by atoms with Crippen molar-refractivity contribution >= 4 is 0 Å². The van der Waals surface area contributed by atoms with E-state index in [0.29, 0.717) is 12.1 Å². The van der Waals surface area contributed by atoms with Gasteiger partial charge in [-0.05, 0) is 30.9 Å².